The molecule has 0 aromatic carbocycles. The Hall–Kier alpha value is -1.57. The molecule has 0 amide bonds. The fourth-order valence-electron chi connectivity index (χ4n) is 1.30. The van der Waals surface area contributed by atoms with Crippen molar-refractivity contribution in [3.63, 3.8) is 0 Å². The molecule has 0 bridgehead atoms. The Balaban J connectivity index is 3.15. The third-order valence-corrected chi connectivity index (χ3v) is 2.02. The first-order valence-corrected chi connectivity index (χ1v) is 4.67. The number of allylic oxidation sites excluding steroid dienone is 5. The Morgan fingerprint density at radius 3 is 2.57 bits per heavy atom. The van der Waals surface area contributed by atoms with Crippen molar-refractivity contribution in [3.8, 4) is 0 Å². The first-order chi connectivity index (χ1) is 6.66. The van der Waals surface area contributed by atoms with E-state index in [0.29, 0.717) is 0 Å². The molecule has 1 heterocycles. The van der Waals surface area contributed by atoms with E-state index in [1.807, 2.05) is 36.3 Å². The van der Waals surface area contributed by atoms with Gasteiger partial charge in [0.15, 0.2) is 13.2 Å². The molecule has 1 aromatic heterocycles. The van der Waals surface area contributed by atoms with Gasteiger partial charge in [0.05, 0.1) is 6.20 Å². The summed E-state index contributed by atoms with van der Waals surface area (Å²) in [5.74, 6) is 0. The number of rotatable bonds is 3. The highest BCUT2D eigenvalue weighted by molar-refractivity contribution is 5.58. The molecule has 74 valence electrons. The predicted molar refractivity (Wildman–Crippen MR) is 59.5 cm³/mol. The molecule has 14 heavy (non-hydrogen) atoms. The van der Waals surface area contributed by atoms with Crippen molar-refractivity contribution in [3.05, 3.63) is 48.8 Å². The molecule has 0 saturated carbocycles. The summed E-state index contributed by atoms with van der Waals surface area (Å²) in [6, 6.07) is 2.02. The van der Waals surface area contributed by atoms with Gasteiger partial charge in [-0.2, -0.15) is 0 Å². The number of hydrogen-bond donors (Lipinski definition) is 0. The molecule has 0 aliphatic rings. The zero-order chi connectivity index (χ0) is 10.6. The molecule has 2 nitrogen and oxygen atoms in total. The molecule has 0 saturated heterocycles. The van der Waals surface area contributed by atoms with Crippen molar-refractivity contribution in [1.29, 1.82) is 0 Å². The van der Waals surface area contributed by atoms with Gasteiger partial charge in [-0.1, -0.05) is 18.7 Å². The Morgan fingerprint density at radius 2 is 2.14 bits per heavy atom. The van der Waals surface area contributed by atoms with E-state index in [1.165, 1.54) is 11.3 Å². The maximum absolute atomic E-state index is 3.67. The van der Waals surface area contributed by atoms with Gasteiger partial charge in [-0.15, -0.1) is 9.36 Å². The summed E-state index contributed by atoms with van der Waals surface area (Å²) in [7, 11) is 2.02. The molecule has 0 aliphatic carbocycles. The van der Waals surface area contributed by atoms with Gasteiger partial charge >= 0.3 is 0 Å². The highest BCUT2D eigenvalue weighted by atomic mass is 15.4. The first kappa shape index (κ1) is 10.5. The van der Waals surface area contributed by atoms with Gasteiger partial charge in [0.25, 0.3) is 0 Å². The van der Waals surface area contributed by atoms with Gasteiger partial charge in [-0.05, 0) is 25.5 Å². The van der Waals surface area contributed by atoms with E-state index in [0.717, 1.165) is 0 Å². The van der Waals surface area contributed by atoms with Crippen LogP contribution >= 0.6 is 0 Å². The lowest BCUT2D eigenvalue weighted by Crippen LogP contribution is -2.37. The van der Waals surface area contributed by atoms with Crippen molar-refractivity contribution in [2.24, 2.45) is 7.05 Å². The average molecular weight is 189 g/mol. The third kappa shape index (κ3) is 2.22. The van der Waals surface area contributed by atoms with E-state index in [1.54, 1.807) is 6.08 Å². The van der Waals surface area contributed by atoms with Gasteiger partial charge in [0, 0.05) is 6.07 Å². The summed E-state index contributed by atoms with van der Waals surface area (Å²) in [6.07, 6.45) is 9.84. The molecule has 0 aliphatic heterocycles. The normalized spacial score (nSPS) is 10.5. The molecular weight excluding hydrogens is 172 g/mol. The maximum atomic E-state index is 3.67. The van der Waals surface area contributed by atoms with Crippen molar-refractivity contribution in [2.75, 3.05) is 0 Å². The summed E-state index contributed by atoms with van der Waals surface area (Å²) in [5.41, 5.74) is 2.45. The number of aromatic nitrogens is 2. The van der Waals surface area contributed by atoms with Crippen LogP contribution in [0.5, 0.6) is 0 Å². The van der Waals surface area contributed by atoms with Crippen molar-refractivity contribution in [2.45, 2.75) is 13.8 Å². The van der Waals surface area contributed by atoms with Crippen LogP contribution < -0.4 is 4.68 Å². The molecule has 0 fully saturated rings. The highest BCUT2D eigenvalue weighted by Crippen LogP contribution is 2.09. The fourth-order valence-corrected chi connectivity index (χ4v) is 1.30. The highest BCUT2D eigenvalue weighted by Gasteiger charge is 2.06. The lowest BCUT2D eigenvalue weighted by molar-refractivity contribution is -0.742. The van der Waals surface area contributed by atoms with E-state index in [-0.39, 0.29) is 0 Å². The summed E-state index contributed by atoms with van der Waals surface area (Å²) >= 11 is 0. The van der Waals surface area contributed by atoms with Crippen molar-refractivity contribution < 1.29 is 4.68 Å². The van der Waals surface area contributed by atoms with Crippen LogP contribution in [-0.4, -0.2) is 4.68 Å². The second kappa shape index (κ2) is 4.61. The largest absolute Gasteiger partial charge is 0.195 e. The molecule has 2 heteroatoms. The van der Waals surface area contributed by atoms with Crippen molar-refractivity contribution >= 4 is 5.70 Å². The van der Waals surface area contributed by atoms with Gasteiger partial charge in [-0.3, -0.25) is 0 Å². The van der Waals surface area contributed by atoms with Crippen LogP contribution in [0.3, 0.4) is 0 Å². The Labute approximate surface area is 85.5 Å². The lowest BCUT2D eigenvalue weighted by Gasteiger charge is -2.03. The maximum Gasteiger partial charge on any atom is 0.195 e. The van der Waals surface area contributed by atoms with Crippen LogP contribution in [-0.2, 0) is 7.05 Å². The summed E-state index contributed by atoms with van der Waals surface area (Å²) in [5, 5.41) is 0. The number of aryl methyl sites for hydroxylation is 1. The van der Waals surface area contributed by atoms with E-state index in [2.05, 4.69) is 31.2 Å². The van der Waals surface area contributed by atoms with E-state index >= 15 is 0 Å². The zero-order valence-corrected chi connectivity index (χ0v) is 9.07. The van der Waals surface area contributed by atoms with Crippen LogP contribution in [0.4, 0.5) is 0 Å². The monoisotopic (exact) mass is 189 g/mol. The number of hydrogen-bond acceptors (Lipinski definition) is 0. The topological polar surface area (TPSA) is 8.81 Å². The minimum absolute atomic E-state index is 1.18. The second-order valence-electron chi connectivity index (χ2n) is 3.39. The molecule has 1 aromatic rings. The lowest BCUT2D eigenvalue weighted by atomic mass is 10.2. The van der Waals surface area contributed by atoms with Crippen LogP contribution in [0.15, 0.2) is 48.8 Å². The van der Waals surface area contributed by atoms with Gasteiger partial charge in [0.1, 0.15) is 5.70 Å². The van der Waals surface area contributed by atoms with Crippen LogP contribution in [0, 0.1) is 0 Å². The number of nitrogens with zero attached hydrogens (tertiary/aromatic N) is 2. The molecule has 0 spiro atoms. The second-order valence-corrected chi connectivity index (χ2v) is 3.39. The average Bonchev–Trinajstić information content (AvgIpc) is 2.52. The molecule has 0 N–H and O–H groups in total. The third-order valence-electron chi connectivity index (χ3n) is 2.02. The molecular formula is C12H17N2+. The quantitative estimate of drug-likeness (QED) is 0.509. The fraction of sp³-hybridized carbons (Fsp3) is 0.250. The predicted octanol–water partition coefficient (Wildman–Crippen LogP) is 2.31. The molecule has 0 unspecified atom stereocenters. The first-order valence-electron chi connectivity index (χ1n) is 4.67. The standard InChI is InChI=1S/C12H17N2/c1-5-6-8-12(11(2)3)14-10-7-9-13(14)4/h5-10H,1H2,2-4H3/q+1. The van der Waals surface area contributed by atoms with E-state index in [9.17, 15) is 0 Å². The Morgan fingerprint density at radius 1 is 1.43 bits per heavy atom. The molecule has 1 rings (SSSR count). The van der Waals surface area contributed by atoms with E-state index in [4.69, 9.17) is 0 Å². The van der Waals surface area contributed by atoms with Gasteiger partial charge in [0.2, 0.25) is 0 Å². The minimum Gasteiger partial charge on any atom is -0.129 e. The van der Waals surface area contributed by atoms with Crippen LogP contribution in [0.2, 0.25) is 0 Å². The van der Waals surface area contributed by atoms with Crippen LogP contribution in [0.25, 0.3) is 5.70 Å². The summed E-state index contributed by atoms with van der Waals surface area (Å²) in [6.45, 7) is 7.87. The zero-order valence-electron chi connectivity index (χ0n) is 9.07. The molecule has 0 atom stereocenters. The SMILES string of the molecule is C=CC=CC(=C(C)C)n1ccc[n+]1C. The van der Waals surface area contributed by atoms with Crippen LogP contribution in [0.1, 0.15) is 13.8 Å². The molecule has 0 radical (unpaired) electrons. The minimum atomic E-state index is 1.18. The Kier molecular flexibility index (Phi) is 3.46. The summed E-state index contributed by atoms with van der Waals surface area (Å²) < 4.78 is 4.13. The van der Waals surface area contributed by atoms with E-state index < -0.39 is 0 Å². The van der Waals surface area contributed by atoms with Gasteiger partial charge < -0.3 is 0 Å². The smallest absolute Gasteiger partial charge is 0.129 e. The Bertz CT molecular complexity index is 377. The summed E-state index contributed by atoms with van der Waals surface area (Å²) in [4.78, 5) is 0. The van der Waals surface area contributed by atoms with Crippen molar-refractivity contribution in [1.82, 2.24) is 4.68 Å². The van der Waals surface area contributed by atoms with Gasteiger partial charge in [-0.25, -0.2) is 0 Å².